The second kappa shape index (κ2) is 9.99. The number of anilines is 1. The van der Waals surface area contributed by atoms with Crippen LogP contribution in [-0.4, -0.2) is 26.3 Å². The zero-order valence-corrected chi connectivity index (χ0v) is 21.1. The molecule has 0 spiro atoms. The number of hydrogen-bond acceptors (Lipinski definition) is 6. The van der Waals surface area contributed by atoms with Gasteiger partial charge in [-0.15, -0.1) is 11.3 Å². The first-order valence-corrected chi connectivity index (χ1v) is 13.1. The Bertz CT molecular complexity index is 1470. The average Bonchev–Trinajstić information content (AvgIpc) is 3.27. The summed E-state index contributed by atoms with van der Waals surface area (Å²) in [5.74, 6) is -0.0451. The fourth-order valence-corrected chi connectivity index (χ4v) is 5.17. The third-order valence-corrected chi connectivity index (χ3v) is 7.60. The number of thioether (sulfide) groups is 1. The molecule has 0 unspecified atom stereocenters. The maximum atomic E-state index is 13.5. The van der Waals surface area contributed by atoms with Crippen LogP contribution in [0.4, 0.5) is 5.69 Å². The van der Waals surface area contributed by atoms with Gasteiger partial charge >= 0.3 is 5.69 Å². The monoisotopic (exact) mass is 494 g/mol. The number of carbonyl (C=O) groups excluding carboxylic acids is 1. The number of aromatic nitrogens is 3. The summed E-state index contributed by atoms with van der Waals surface area (Å²) in [6, 6.07) is 14.9. The number of rotatable bonds is 7. The first-order valence-electron chi connectivity index (χ1n) is 11.0. The van der Waals surface area contributed by atoms with Gasteiger partial charge in [-0.2, -0.15) is 0 Å². The molecule has 176 valence electrons. The number of thiazole rings is 1. The van der Waals surface area contributed by atoms with Crippen molar-refractivity contribution in [2.45, 2.75) is 44.0 Å². The molecule has 7 nitrogen and oxygen atoms in total. The van der Waals surface area contributed by atoms with Crippen molar-refractivity contribution in [3.63, 3.8) is 0 Å². The third-order valence-electron chi connectivity index (χ3n) is 5.58. The van der Waals surface area contributed by atoms with E-state index in [1.54, 1.807) is 12.1 Å². The molecule has 4 aromatic rings. The highest BCUT2D eigenvalue weighted by atomic mass is 32.2. The second-order valence-electron chi connectivity index (χ2n) is 8.19. The van der Waals surface area contributed by atoms with Crippen molar-refractivity contribution in [3.8, 4) is 5.69 Å². The van der Waals surface area contributed by atoms with Crippen LogP contribution in [0.15, 0.2) is 62.5 Å². The number of amides is 1. The summed E-state index contributed by atoms with van der Waals surface area (Å²) in [7, 11) is 0. The Morgan fingerprint density at radius 1 is 1.15 bits per heavy atom. The molecule has 2 aromatic heterocycles. The molecule has 0 bridgehead atoms. The van der Waals surface area contributed by atoms with Gasteiger partial charge < -0.3 is 5.32 Å². The first kappa shape index (κ1) is 24.0. The van der Waals surface area contributed by atoms with E-state index in [-0.39, 0.29) is 18.1 Å². The fraction of sp³-hybridized carbons (Fsp3) is 0.280. The van der Waals surface area contributed by atoms with Crippen LogP contribution < -0.4 is 16.6 Å². The van der Waals surface area contributed by atoms with E-state index < -0.39 is 11.2 Å². The Labute approximate surface area is 205 Å². The van der Waals surface area contributed by atoms with Crippen molar-refractivity contribution in [2.75, 3.05) is 11.6 Å². The summed E-state index contributed by atoms with van der Waals surface area (Å²) in [5, 5.41) is 2.87. The number of hydrogen-bond donors (Lipinski definition) is 1. The molecule has 9 heteroatoms. The van der Waals surface area contributed by atoms with Gasteiger partial charge in [0.2, 0.25) is 5.91 Å². The lowest BCUT2D eigenvalue weighted by Gasteiger charge is -2.13. The van der Waals surface area contributed by atoms with E-state index in [1.165, 1.54) is 27.7 Å². The summed E-state index contributed by atoms with van der Waals surface area (Å²) < 4.78 is 3.40. The SMILES string of the molecule is CCc1ccc(-n2c(=O)c3sc(SC)nc3n(CC(=O)Nc3cccc(C(C)C)c3)c2=O)cc1. The summed E-state index contributed by atoms with van der Waals surface area (Å²) in [6.45, 7) is 5.95. The van der Waals surface area contributed by atoms with Crippen molar-refractivity contribution in [2.24, 2.45) is 0 Å². The van der Waals surface area contributed by atoms with Gasteiger partial charge in [-0.05, 0) is 54.0 Å². The second-order valence-corrected chi connectivity index (χ2v) is 10.2. The van der Waals surface area contributed by atoms with Gasteiger partial charge in [0.25, 0.3) is 5.56 Å². The molecule has 0 fully saturated rings. The lowest BCUT2D eigenvalue weighted by molar-refractivity contribution is -0.116. The van der Waals surface area contributed by atoms with E-state index in [1.807, 2.05) is 49.6 Å². The van der Waals surface area contributed by atoms with Crippen LogP contribution in [0.2, 0.25) is 0 Å². The van der Waals surface area contributed by atoms with E-state index >= 15 is 0 Å². The van der Waals surface area contributed by atoms with Crippen LogP contribution in [0, 0.1) is 0 Å². The number of benzene rings is 2. The summed E-state index contributed by atoms with van der Waals surface area (Å²) in [5.41, 5.74) is 2.54. The Morgan fingerprint density at radius 2 is 1.88 bits per heavy atom. The normalized spacial score (nSPS) is 11.3. The Balaban J connectivity index is 1.78. The van der Waals surface area contributed by atoms with Crippen LogP contribution in [0.1, 0.15) is 37.8 Å². The third kappa shape index (κ3) is 4.71. The largest absolute Gasteiger partial charge is 0.337 e. The van der Waals surface area contributed by atoms with Crippen LogP contribution in [0.25, 0.3) is 16.0 Å². The molecule has 0 aliphatic carbocycles. The maximum Gasteiger partial charge on any atom is 0.337 e. The van der Waals surface area contributed by atoms with Crippen molar-refractivity contribution in [1.29, 1.82) is 0 Å². The molecule has 1 amide bonds. The van der Waals surface area contributed by atoms with E-state index in [0.29, 0.717) is 26.3 Å². The molecular weight excluding hydrogens is 468 g/mol. The molecule has 0 aliphatic heterocycles. The van der Waals surface area contributed by atoms with Crippen molar-refractivity contribution in [3.05, 3.63) is 80.5 Å². The standard InChI is InChI=1S/C25H26N4O3S2/c1-5-16-9-11-19(12-10-16)29-23(31)21-22(27-24(33-4)34-21)28(25(29)32)14-20(30)26-18-8-6-7-17(13-18)15(2)3/h6-13,15H,5,14H2,1-4H3,(H,26,30). The van der Waals surface area contributed by atoms with Gasteiger partial charge in [0, 0.05) is 5.69 Å². The van der Waals surface area contributed by atoms with Gasteiger partial charge in [-0.25, -0.2) is 14.3 Å². The lowest BCUT2D eigenvalue weighted by Crippen LogP contribution is -2.40. The molecular formula is C25H26N4O3S2. The van der Waals surface area contributed by atoms with Gasteiger partial charge in [0.15, 0.2) is 9.99 Å². The van der Waals surface area contributed by atoms with Crippen LogP contribution in [0.5, 0.6) is 0 Å². The number of nitrogens with one attached hydrogen (secondary N) is 1. The van der Waals surface area contributed by atoms with Crippen LogP contribution in [-0.2, 0) is 17.8 Å². The number of carbonyl (C=O) groups is 1. The highest BCUT2D eigenvalue weighted by Gasteiger charge is 2.20. The van der Waals surface area contributed by atoms with Gasteiger partial charge in [0.1, 0.15) is 11.2 Å². The molecule has 34 heavy (non-hydrogen) atoms. The lowest BCUT2D eigenvalue weighted by atomic mass is 10.0. The van der Waals surface area contributed by atoms with Gasteiger partial charge in [-0.1, -0.05) is 56.8 Å². The highest BCUT2D eigenvalue weighted by Crippen LogP contribution is 2.25. The number of aryl methyl sites for hydroxylation is 1. The number of fused-ring (bicyclic) bond motifs is 1. The molecule has 1 N–H and O–H groups in total. The van der Waals surface area contributed by atoms with Crippen molar-refractivity contribution >= 4 is 45.0 Å². The van der Waals surface area contributed by atoms with E-state index in [4.69, 9.17) is 0 Å². The summed E-state index contributed by atoms with van der Waals surface area (Å²) in [4.78, 5) is 44.2. The molecule has 4 rings (SSSR count). The topological polar surface area (TPSA) is 86.0 Å². The first-order chi connectivity index (χ1) is 16.3. The maximum absolute atomic E-state index is 13.5. The minimum atomic E-state index is -0.592. The molecule has 2 heterocycles. The summed E-state index contributed by atoms with van der Waals surface area (Å²) >= 11 is 2.62. The Hall–Kier alpha value is -3.17. The minimum absolute atomic E-state index is 0.233. The Morgan fingerprint density at radius 3 is 2.53 bits per heavy atom. The highest BCUT2D eigenvalue weighted by molar-refractivity contribution is 8.00. The molecule has 2 aromatic carbocycles. The minimum Gasteiger partial charge on any atom is -0.325 e. The summed E-state index contributed by atoms with van der Waals surface area (Å²) in [6.07, 6.45) is 2.71. The molecule has 0 saturated carbocycles. The average molecular weight is 495 g/mol. The van der Waals surface area contributed by atoms with Crippen LogP contribution in [0.3, 0.4) is 0 Å². The smallest absolute Gasteiger partial charge is 0.325 e. The van der Waals surface area contributed by atoms with E-state index in [9.17, 15) is 14.4 Å². The molecule has 0 aliphatic rings. The Kier molecular flexibility index (Phi) is 7.04. The molecule has 0 saturated heterocycles. The van der Waals surface area contributed by atoms with Crippen LogP contribution >= 0.6 is 23.1 Å². The number of nitrogens with zero attached hydrogens (tertiary/aromatic N) is 3. The van der Waals surface area contributed by atoms with Gasteiger partial charge in [-0.3, -0.25) is 14.2 Å². The molecule has 0 radical (unpaired) electrons. The fourth-order valence-electron chi connectivity index (χ4n) is 3.67. The zero-order valence-electron chi connectivity index (χ0n) is 19.5. The van der Waals surface area contributed by atoms with Crippen molar-refractivity contribution < 1.29 is 4.79 Å². The molecule has 0 atom stereocenters. The van der Waals surface area contributed by atoms with Crippen molar-refractivity contribution in [1.82, 2.24) is 14.1 Å². The van der Waals surface area contributed by atoms with E-state index in [2.05, 4.69) is 24.1 Å². The van der Waals surface area contributed by atoms with E-state index in [0.717, 1.165) is 22.1 Å². The predicted octanol–water partition coefficient (Wildman–Crippen LogP) is 4.66. The predicted molar refractivity (Wildman–Crippen MR) is 140 cm³/mol. The zero-order chi connectivity index (χ0) is 24.4. The quantitative estimate of drug-likeness (QED) is 0.378. The van der Waals surface area contributed by atoms with Gasteiger partial charge in [0.05, 0.1) is 5.69 Å².